The van der Waals surface area contributed by atoms with Gasteiger partial charge in [-0.05, 0) is 17.7 Å². The number of carbonyl (C=O) groups is 1. The maximum absolute atomic E-state index is 11.1. The topological polar surface area (TPSA) is 46.9 Å². The smallest absolute Gasteiger partial charge is 0.219 e. The fourth-order valence-electron chi connectivity index (χ4n) is 1.52. The van der Waals surface area contributed by atoms with Crippen molar-refractivity contribution in [1.82, 2.24) is 14.9 Å². The molecule has 0 spiro atoms. The molecule has 1 amide bonds. The fraction of sp³-hybridized carbons (Fsp3) is 0.231. The lowest BCUT2D eigenvalue weighted by Crippen LogP contribution is -2.21. The predicted molar refractivity (Wildman–Crippen MR) is 65.7 cm³/mol. The quantitative estimate of drug-likeness (QED) is 0.870. The average Bonchev–Trinajstić information content (AvgIpc) is 2.90. The molecule has 0 radical (unpaired) electrons. The minimum absolute atomic E-state index is 0.0729. The van der Waals surface area contributed by atoms with Crippen LogP contribution in [0.15, 0.2) is 43.0 Å². The first-order chi connectivity index (χ1) is 8.29. The van der Waals surface area contributed by atoms with E-state index in [1.165, 1.54) is 0 Å². The van der Waals surface area contributed by atoms with E-state index in [0.717, 1.165) is 11.3 Å². The Kier molecular flexibility index (Phi) is 3.55. The molecule has 17 heavy (non-hydrogen) atoms. The number of aromatic nitrogens is 2. The number of hydrogen-bond donors (Lipinski definition) is 1. The molecular formula is C13H15N3O. The van der Waals surface area contributed by atoms with Crippen molar-refractivity contribution >= 4 is 5.91 Å². The highest BCUT2D eigenvalue weighted by molar-refractivity contribution is 5.75. The van der Waals surface area contributed by atoms with Gasteiger partial charge in [-0.3, -0.25) is 4.79 Å². The maximum Gasteiger partial charge on any atom is 0.219 e. The van der Waals surface area contributed by atoms with E-state index in [1.807, 2.05) is 42.0 Å². The average molecular weight is 229 g/mol. The molecule has 1 aromatic heterocycles. The Bertz CT molecular complexity index is 474. The molecule has 0 aliphatic heterocycles. The second kappa shape index (κ2) is 5.30. The van der Waals surface area contributed by atoms with Crippen molar-refractivity contribution in [3.8, 4) is 5.69 Å². The van der Waals surface area contributed by atoms with Gasteiger partial charge >= 0.3 is 0 Å². The van der Waals surface area contributed by atoms with E-state index >= 15 is 0 Å². The number of amides is 1. The first-order valence-corrected chi connectivity index (χ1v) is 5.63. The van der Waals surface area contributed by atoms with Gasteiger partial charge in [-0.25, -0.2) is 4.98 Å². The third-order valence-electron chi connectivity index (χ3n) is 2.55. The van der Waals surface area contributed by atoms with E-state index in [4.69, 9.17) is 0 Å². The summed E-state index contributed by atoms with van der Waals surface area (Å²) in [6.07, 6.45) is 5.92. The Morgan fingerprint density at radius 2 is 2.12 bits per heavy atom. The van der Waals surface area contributed by atoms with E-state index in [-0.39, 0.29) is 5.91 Å². The third-order valence-corrected chi connectivity index (χ3v) is 2.55. The van der Waals surface area contributed by atoms with Crippen molar-refractivity contribution in [2.45, 2.75) is 19.9 Å². The molecule has 0 unspecified atom stereocenters. The van der Waals surface area contributed by atoms with E-state index in [0.29, 0.717) is 13.0 Å². The SMILES string of the molecule is CCC(=O)NCc1ccc(-n2ccnc2)cc1. The molecule has 0 atom stereocenters. The van der Waals surface area contributed by atoms with Crippen molar-refractivity contribution < 1.29 is 4.79 Å². The molecule has 0 fully saturated rings. The van der Waals surface area contributed by atoms with Crippen molar-refractivity contribution in [2.75, 3.05) is 0 Å². The molecule has 1 aromatic carbocycles. The van der Waals surface area contributed by atoms with Gasteiger partial charge in [-0.2, -0.15) is 0 Å². The van der Waals surface area contributed by atoms with Crippen molar-refractivity contribution in [3.63, 3.8) is 0 Å². The third kappa shape index (κ3) is 2.93. The summed E-state index contributed by atoms with van der Waals surface area (Å²) in [4.78, 5) is 15.1. The van der Waals surface area contributed by atoms with E-state index in [1.54, 1.807) is 12.5 Å². The number of nitrogens with one attached hydrogen (secondary N) is 1. The van der Waals surface area contributed by atoms with Gasteiger partial charge in [-0.1, -0.05) is 19.1 Å². The molecule has 1 N–H and O–H groups in total. The lowest BCUT2D eigenvalue weighted by Gasteiger charge is -2.06. The van der Waals surface area contributed by atoms with Gasteiger partial charge in [0, 0.05) is 31.0 Å². The maximum atomic E-state index is 11.1. The molecule has 2 aromatic rings. The molecule has 0 saturated heterocycles. The zero-order valence-electron chi connectivity index (χ0n) is 9.76. The van der Waals surface area contributed by atoms with Crippen LogP contribution in [0.4, 0.5) is 0 Å². The summed E-state index contributed by atoms with van der Waals surface area (Å²) in [6.45, 7) is 2.42. The van der Waals surface area contributed by atoms with Crippen LogP contribution in [0.5, 0.6) is 0 Å². The van der Waals surface area contributed by atoms with Gasteiger partial charge < -0.3 is 9.88 Å². The number of carbonyl (C=O) groups excluding carboxylic acids is 1. The van der Waals surface area contributed by atoms with Crippen LogP contribution >= 0.6 is 0 Å². The molecule has 0 aliphatic carbocycles. The minimum Gasteiger partial charge on any atom is -0.352 e. The summed E-state index contributed by atoms with van der Waals surface area (Å²) in [5, 5.41) is 2.84. The molecule has 0 saturated carbocycles. The minimum atomic E-state index is 0.0729. The van der Waals surface area contributed by atoms with Crippen LogP contribution in [-0.4, -0.2) is 15.5 Å². The number of rotatable bonds is 4. The van der Waals surface area contributed by atoms with Gasteiger partial charge in [-0.15, -0.1) is 0 Å². The van der Waals surface area contributed by atoms with Crippen LogP contribution in [0.3, 0.4) is 0 Å². The number of hydrogen-bond acceptors (Lipinski definition) is 2. The van der Waals surface area contributed by atoms with Gasteiger partial charge in [0.05, 0.1) is 6.33 Å². The lowest BCUT2D eigenvalue weighted by atomic mass is 10.2. The summed E-state index contributed by atoms with van der Waals surface area (Å²) < 4.78 is 1.94. The second-order valence-electron chi connectivity index (χ2n) is 3.77. The Morgan fingerprint density at radius 1 is 1.35 bits per heavy atom. The monoisotopic (exact) mass is 229 g/mol. The van der Waals surface area contributed by atoms with Crippen LogP contribution in [0.2, 0.25) is 0 Å². The highest BCUT2D eigenvalue weighted by Crippen LogP contribution is 2.09. The zero-order chi connectivity index (χ0) is 12.1. The number of nitrogens with zero attached hydrogens (tertiary/aromatic N) is 2. The van der Waals surface area contributed by atoms with Crippen LogP contribution in [-0.2, 0) is 11.3 Å². The summed E-state index contributed by atoms with van der Waals surface area (Å²) in [5.74, 6) is 0.0729. The fourth-order valence-corrected chi connectivity index (χ4v) is 1.52. The Labute approximate surface area is 100 Å². The summed E-state index contributed by atoms with van der Waals surface area (Å²) in [7, 11) is 0. The Morgan fingerprint density at radius 3 is 2.71 bits per heavy atom. The first-order valence-electron chi connectivity index (χ1n) is 5.63. The van der Waals surface area contributed by atoms with Crippen molar-refractivity contribution in [2.24, 2.45) is 0 Å². The van der Waals surface area contributed by atoms with Crippen molar-refractivity contribution in [3.05, 3.63) is 48.5 Å². The predicted octanol–water partition coefficient (Wildman–Crippen LogP) is 1.90. The van der Waals surface area contributed by atoms with Crippen molar-refractivity contribution in [1.29, 1.82) is 0 Å². The summed E-state index contributed by atoms with van der Waals surface area (Å²) in [6, 6.07) is 8.03. The second-order valence-corrected chi connectivity index (χ2v) is 3.77. The van der Waals surface area contributed by atoms with Gasteiger partial charge in [0.25, 0.3) is 0 Å². The summed E-state index contributed by atoms with van der Waals surface area (Å²) in [5.41, 5.74) is 2.16. The van der Waals surface area contributed by atoms with E-state index in [9.17, 15) is 4.79 Å². The molecule has 4 heteroatoms. The number of imidazole rings is 1. The number of benzene rings is 1. The van der Waals surface area contributed by atoms with Crippen LogP contribution in [0, 0.1) is 0 Å². The Hall–Kier alpha value is -2.10. The molecule has 0 bridgehead atoms. The molecule has 88 valence electrons. The highest BCUT2D eigenvalue weighted by Gasteiger charge is 1.99. The largest absolute Gasteiger partial charge is 0.352 e. The van der Waals surface area contributed by atoms with Gasteiger partial charge in [0.2, 0.25) is 5.91 Å². The Balaban J connectivity index is 2.01. The summed E-state index contributed by atoms with van der Waals surface area (Å²) >= 11 is 0. The van der Waals surface area contributed by atoms with Gasteiger partial charge in [0.15, 0.2) is 0 Å². The highest BCUT2D eigenvalue weighted by atomic mass is 16.1. The first kappa shape index (κ1) is 11.4. The molecule has 2 rings (SSSR count). The molecular weight excluding hydrogens is 214 g/mol. The van der Waals surface area contributed by atoms with E-state index in [2.05, 4.69) is 10.3 Å². The van der Waals surface area contributed by atoms with Crippen LogP contribution in [0.25, 0.3) is 5.69 Å². The van der Waals surface area contributed by atoms with Crippen LogP contribution < -0.4 is 5.32 Å². The normalized spacial score (nSPS) is 10.2. The molecule has 1 heterocycles. The standard InChI is InChI=1S/C13H15N3O/c1-2-13(17)15-9-11-3-5-12(6-4-11)16-8-7-14-10-16/h3-8,10H,2,9H2,1H3,(H,15,17). The molecule has 0 aliphatic rings. The van der Waals surface area contributed by atoms with Crippen LogP contribution in [0.1, 0.15) is 18.9 Å². The molecule has 4 nitrogen and oxygen atoms in total. The lowest BCUT2D eigenvalue weighted by molar-refractivity contribution is -0.120. The van der Waals surface area contributed by atoms with Gasteiger partial charge in [0.1, 0.15) is 0 Å². The zero-order valence-corrected chi connectivity index (χ0v) is 9.76. The van der Waals surface area contributed by atoms with E-state index < -0.39 is 0 Å².